The van der Waals surface area contributed by atoms with Gasteiger partial charge >= 0.3 is 0 Å². The Morgan fingerprint density at radius 3 is 2.76 bits per heavy atom. The van der Waals surface area contributed by atoms with Gasteiger partial charge in [-0.15, -0.1) is 11.3 Å². The Bertz CT molecular complexity index is 767. The van der Waals surface area contributed by atoms with Gasteiger partial charge in [0.05, 0.1) is 10.7 Å². The van der Waals surface area contributed by atoms with Gasteiger partial charge in [-0.1, -0.05) is 30.3 Å². The molecule has 4 rings (SSSR count). The van der Waals surface area contributed by atoms with Crippen molar-refractivity contribution in [2.75, 3.05) is 6.79 Å². The first kappa shape index (κ1) is 12.4. The number of nitrogens with zero attached hydrogens (tertiary/aromatic N) is 1. The number of hydrogen-bond donors (Lipinski definition) is 0. The number of fused-ring (bicyclic) bond motifs is 1. The number of hydrogen-bond acceptors (Lipinski definition) is 4. The molecule has 2 aromatic carbocycles. The minimum atomic E-state index is 0.301. The van der Waals surface area contributed by atoms with E-state index < -0.39 is 0 Å². The van der Waals surface area contributed by atoms with E-state index >= 15 is 0 Å². The highest BCUT2D eigenvalue weighted by molar-refractivity contribution is 7.10. The summed E-state index contributed by atoms with van der Waals surface area (Å²) in [4.78, 5) is 4.72. The molecule has 2 heterocycles. The fraction of sp³-hybridized carbons (Fsp3) is 0.118. The molecule has 0 fully saturated rings. The molecular weight excluding hydrogens is 282 g/mol. The Hall–Kier alpha value is -2.33. The molecule has 4 heteroatoms. The van der Waals surface area contributed by atoms with Crippen molar-refractivity contribution >= 4 is 11.3 Å². The van der Waals surface area contributed by atoms with Crippen LogP contribution >= 0.6 is 11.3 Å². The Balaban J connectivity index is 1.59. The molecule has 3 aromatic rings. The first-order valence-corrected chi connectivity index (χ1v) is 7.65. The molecule has 1 aliphatic rings. The second kappa shape index (κ2) is 5.22. The van der Waals surface area contributed by atoms with Crippen LogP contribution in [0.1, 0.15) is 10.6 Å². The molecule has 0 N–H and O–H groups in total. The first-order chi connectivity index (χ1) is 10.4. The third-order valence-corrected chi connectivity index (χ3v) is 4.27. The van der Waals surface area contributed by atoms with Gasteiger partial charge in [0, 0.05) is 17.4 Å². The molecule has 0 spiro atoms. The molecule has 0 bridgehead atoms. The number of aromatic nitrogens is 1. The van der Waals surface area contributed by atoms with Crippen LogP contribution in [0.15, 0.2) is 53.9 Å². The Morgan fingerprint density at radius 2 is 1.86 bits per heavy atom. The van der Waals surface area contributed by atoms with Gasteiger partial charge < -0.3 is 9.47 Å². The monoisotopic (exact) mass is 295 g/mol. The van der Waals surface area contributed by atoms with Crippen LogP contribution < -0.4 is 9.47 Å². The lowest BCUT2D eigenvalue weighted by atomic mass is 10.1. The summed E-state index contributed by atoms with van der Waals surface area (Å²) in [5.74, 6) is 1.60. The third kappa shape index (κ3) is 2.50. The summed E-state index contributed by atoms with van der Waals surface area (Å²) in [5, 5.41) is 3.21. The molecule has 0 atom stereocenters. The van der Waals surface area contributed by atoms with E-state index in [4.69, 9.17) is 14.5 Å². The average molecular weight is 295 g/mol. The van der Waals surface area contributed by atoms with E-state index in [2.05, 4.69) is 29.6 Å². The van der Waals surface area contributed by atoms with Crippen LogP contribution in [0.25, 0.3) is 11.3 Å². The zero-order valence-corrected chi connectivity index (χ0v) is 12.1. The molecule has 0 amide bonds. The Morgan fingerprint density at radius 1 is 1.00 bits per heavy atom. The summed E-state index contributed by atoms with van der Waals surface area (Å²) in [5.41, 5.74) is 3.34. The van der Waals surface area contributed by atoms with Crippen molar-refractivity contribution in [1.29, 1.82) is 0 Å². The summed E-state index contributed by atoms with van der Waals surface area (Å²) >= 11 is 1.69. The normalized spacial score (nSPS) is 12.6. The minimum Gasteiger partial charge on any atom is -0.454 e. The van der Waals surface area contributed by atoms with Gasteiger partial charge in [0.2, 0.25) is 6.79 Å². The van der Waals surface area contributed by atoms with Crippen molar-refractivity contribution in [3.8, 4) is 22.8 Å². The van der Waals surface area contributed by atoms with Gasteiger partial charge in [-0.25, -0.2) is 4.98 Å². The Kier molecular flexibility index (Phi) is 3.09. The van der Waals surface area contributed by atoms with Crippen LogP contribution in [0, 0.1) is 0 Å². The fourth-order valence-corrected chi connectivity index (χ4v) is 3.19. The van der Waals surface area contributed by atoms with Crippen molar-refractivity contribution in [1.82, 2.24) is 4.98 Å². The van der Waals surface area contributed by atoms with E-state index in [1.165, 1.54) is 5.56 Å². The molecule has 21 heavy (non-hydrogen) atoms. The molecule has 104 valence electrons. The van der Waals surface area contributed by atoms with Crippen molar-refractivity contribution in [2.24, 2.45) is 0 Å². The second-order valence-corrected chi connectivity index (χ2v) is 5.80. The van der Waals surface area contributed by atoms with Crippen molar-refractivity contribution < 1.29 is 9.47 Å². The summed E-state index contributed by atoms with van der Waals surface area (Å²) in [7, 11) is 0. The fourth-order valence-electron chi connectivity index (χ4n) is 2.35. The molecule has 1 aromatic heterocycles. The van der Waals surface area contributed by atoms with Crippen molar-refractivity contribution in [2.45, 2.75) is 6.42 Å². The smallest absolute Gasteiger partial charge is 0.231 e. The molecule has 0 unspecified atom stereocenters. The highest BCUT2D eigenvalue weighted by Crippen LogP contribution is 2.36. The van der Waals surface area contributed by atoms with E-state index in [1.807, 2.05) is 24.3 Å². The maximum absolute atomic E-state index is 5.42. The van der Waals surface area contributed by atoms with E-state index in [9.17, 15) is 0 Å². The molecule has 0 aliphatic carbocycles. The van der Waals surface area contributed by atoms with E-state index in [0.717, 1.165) is 34.2 Å². The molecule has 0 radical (unpaired) electrons. The minimum absolute atomic E-state index is 0.301. The van der Waals surface area contributed by atoms with Gasteiger partial charge in [0.25, 0.3) is 0 Å². The van der Waals surface area contributed by atoms with Crippen LogP contribution in [-0.4, -0.2) is 11.8 Å². The van der Waals surface area contributed by atoms with Crippen LogP contribution in [-0.2, 0) is 6.42 Å². The second-order valence-electron chi connectivity index (χ2n) is 4.86. The third-order valence-electron chi connectivity index (χ3n) is 3.42. The van der Waals surface area contributed by atoms with E-state index in [-0.39, 0.29) is 0 Å². The summed E-state index contributed by atoms with van der Waals surface area (Å²) in [6.45, 7) is 0.301. The maximum atomic E-state index is 5.42. The number of rotatable bonds is 3. The van der Waals surface area contributed by atoms with Crippen molar-refractivity contribution in [3.05, 3.63) is 64.5 Å². The summed E-state index contributed by atoms with van der Waals surface area (Å²) in [6, 6.07) is 16.3. The van der Waals surface area contributed by atoms with Gasteiger partial charge in [-0.3, -0.25) is 0 Å². The Labute approximate surface area is 126 Å². The average Bonchev–Trinajstić information content (AvgIpc) is 3.16. The number of ether oxygens (including phenoxy) is 2. The van der Waals surface area contributed by atoms with Crippen LogP contribution in [0.4, 0.5) is 0 Å². The van der Waals surface area contributed by atoms with Gasteiger partial charge in [-0.05, 0) is 23.8 Å². The van der Waals surface area contributed by atoms with Crippen LogP contribution in [0.5, 0.6) is 11.5 Å². The van der Waals surface area contributed by atoms with E-state index in [0.29, 0.717) is 6.79 Å². The molecule has 0 saturated carbocycles. The SMILES string of the molecule is c1ccc(Cc2nc(-c3ccc4c(c3)OCO4)cs2)cc1. The quantitative estimate of drug-likeness (QED) is 0.728. The number of benzene rings is 2. The zero-order chi connectivity index (χ0) is 14.1. The molecule has 0 saturated heterocycles. The molecule has 3 nitrogen and oxygen atoms in total. The highest BCUT2D eigenvalue weighted by Gasteiger charge is 2.15. The predicted molar refractivity (Wildman–Crippen MR) is 82.9 cm³/mol. The van der Waals surface area contributed by atoms with Gasteiger partial charge in [-0.2, -0.15) is 0 Å². The molecular formula is C17H13NO2S. The van der Waals surface area contributed by atoms with E-state index in [1.54, 1.807) is 11.3 Å². The zero-order valence-electron chi connectivity index (χ0n) is 11.3. The summed E-state index contributed by atoms with van der Waals surface area (Å²) in [6.07, 6.45) is 0.871. The topological polar surface area (TPSA) is 31.4 Å². The summed E-state index contributed by atoms with van der Waals surface area (Å²) < 4.78 is 10.7. The number of thiazole rings is 1. The lowest BCUT2D eigenvalue weighted by molar-refractivity contribution is 0.174. The van der Waals surface area contributed by atoms with Gasteiger partial charge in [0.15, 0.2) is 11.5 Å². The first-order valence-electron chi connectivity index (χ1n) is 6.77. The van der Waals surface area contributed by atoms with Gasteiger partial charge in [0.1, 0.15) is 0 Å². The maximum Gasteiger partial charge on any atom is 0.231 e. The van der Waals surface area contributed by atoms with Crippen LogP contribution in [0.2, 0.25) is 0 Å². The highest BCUT2D eigenvalue weighted by atomic mass is 32.1. The van der Waals surface area contributed by atoms with Crippen molar-refractivity contribution in [3.63, 3.8) is 0 Å². The predicted octanol–water partition coefficient (Wildman–Crippen LogP) is 4.13. The lowest BCUT2D eigenvalue weighted by Gasteiger charge is -2.00. The molecule has 1 aliphatic heterocycles. The van der Waals surface area contributed by atoms with Crippen LogP contribution in [0.3, 0.4) is 0 Å². The standard InChI is InChI=1S/C17H13NO2S/c1-2-4-12(5-3-1)8-17-18-14(10-21-17)13-6-7-15-16(9-13)20-11-19-15/h1-7,9-10H,8,11H2. The lowest BCUT2D eigenvalue weighted by Crippen LogP contribution is -1.92. The largest absolute Gasteiger partial charge is 0.454 e.